The Balaban J connectivity index is 3.79. The third kappa shape index (κ3) is 13.1. The van der Waals surface area contributed by atoms with Gasteiger partial charge in [0, 0.05) is 12.8 Å². The van der Waals surface area contributed by atoms with Crippen LogP contribution in [-0.4, -0.2) is 18.7 Å². The SMILES string of the molecule is CCCCCCCCN=C(N)N=C/C(C)=C\C(C)C. The zero-order valence-electron chi connectivity index (χ0n) is 13.2. The van der Waals surface area contributed by atoms with E-state index in [0.29, 0.717) is 11.9 Å². The third-order valence-electron chi connectivity index (χ3n) is 2.78. The summed E-state index contributed by atoms with van der Waals surface area (Å²) in [7, 11) is 0. The Labute approximate surface area is 119 Å². The zero-order chi connectivity index (χ0) is 14.5. The van der Waals surface area contributed by atoms with E-state index in [1.54, 1.807) is 6.21 Å². The van der Waals surface area contributed by atoms with Crippen molar-refractivity contribution < 1.29 is 0 Å². The first-order valence-electron chi connectivity index (χ1n) is 7.58. The molecular formula is C16H31N3. The van der Waals surface area contributed by atoms with Gasteiger partial charge in [0.05, 0.1) is 0 Å². The van der Waals surface area contributed by atoms with Crippen molar-refractivity contribution in [2.24, 2.45) is 21.6 Å². The lowest BCUT2D eigenvalue weighted by molar-refractivity contribution is 0.612. The average Bonchev–Trinajstić information content (AvgIpc) is 2.34. The van der Waals surface area contributed by atoms with Crippen molar-refractivity contribution in [3.05, 3.63) is 11.6 Å². The topological polar surface area (TPSA) is 50.7 Å². The summed E-state index contributed by atoms with van der Waals surface area (Å²) in [6, 6.07) is 0. The first-order valence-corrected chi connectivity index (χ1v) is 7.58. The van der Waals surface area contributed by atoms with Crippen molar-refractivity contribution in [2.45, 2.75) is 66.2 Å². The van der Waals surface area contributed by atoms with E-state index in [1.165, 1.54) is 32.1 Å². The van der Waals surface area contributed by atoms with Crippen LogP contribution in [-0.2, 0) is 0 Å². The summed E-state index contributed by atoms with van der Waals surface area (Å²) >= 11 is 0. The summed E-state index contributed by atoms with van der Waals surface area (Å²) in [6.45, 7) is 9.35. The molecule has 0 spiro atoms. The number of guanidine groups is 1. The molecule has 0 fully saturated rings. The van der Waals surface area contributed by atoms with Gasteiger partial charge in [-0.05, 0) is 24.8 Å². The van der Waals surface area contributed by atoms with Gasteiger partial charge in [-0.15, -0.1) is 0 Å². The molecule has 0 aromatic carbocycles. The van der Waals surface area contributed by atoms with E-state index >= 15 is 0 Å². The van der Waals surface area contributed by atoms with Gasteiger partial charge >= 0.3 is 0 Å². The lowest BCUT2D eigenvalue weighted by atomic mass is 10.1. The highest BCUT2D eigenvalue weighted by atomic mass is 15.0. The highest BCUT2D eigenvalue weighted by Gasteiger charge is 1.91. The molecule has 110 valence electrons. The molecule has 0 aromatic heterocycles. The van der Waals surface area contributed by atoms with Crippen molar-refractivity contribution in [1.29, 1.82) is 0 Å². The zero-order valence-corrected chi connectivity index (χ0v) is 13.2. The van der Waals surface area contributed by atoms with Crippen LogP contribution in [0.25, 0.3) is 0 Å². The van der Waals surface area contributed by atoms with Crippen LogP contribution in [0.2, 0.25) is 0 Å². The third-order valence-corrected chi connectivity index (χ3v) is 2.78. The first kappa shape index (κ1) is 17.9. The van der Waals surface area contributed by atoms with Crippen molar-refractivity contribution in [3.8, 4) is 0 Å². The van der Waals surface area contributed by atoms with Gasteiger partial charge in [0.2, 0.25) is 5.96 Å². The monoisotopic (exact) mass is 265 g/mol. The van der Waals surface area contributed by atoms with Crippen LogP contribution in [0.15, 0.2) is 21.6 Å². The molecule has 3 heteroatoms. The van der Waals surface area contributed by atoms with Gasteiger partial charge in [-0.3, -0.25) is 4.99 Å². The Hall–Kier alpha value is -1.12. The molecule has 0 aromatic rings. The Kier molecular flexibility index (Phi) is 11.2. The van der Waals surface area contributed by atoms with Gasteiger partial charge in [-0.25, -0.2) is 4.99 Å². The highest BCUT2D eigenvalue weighted by molar-refractivity contribution is 5.92. The fourth-order valence-electron chi connectivity index (χ4n) is 1.86. The maximum Gasteiger partial charge on any atom is 0.215 e. The molecule has 0 amide bonds. The van der Waals surface area contributed by atoms with Gasteiger partial charge in [0.25, 0.3) is 0 Å². The van der Waals surface area contributed by atoms with Crippen LogP contribution < -0.4 is 5.73 Å². The number of nitrogens with two attached hydrogens (primary N) is 1. The molecule has 19 heavy (non-hydrogen) atoms. The van der Waals surface area contributed by atoms with Crippen molar-refractivity contribution in [3.63, 3.8) is 0 Å². The van der Waals surface area contributed by atoms with Crippen LogP contribution in [0.5, 0.6) is 0 Å². The smallest absolute Gasteiger partial charge is 0.215 e. The van der Waals surface area contributed by atoms with Crippen LogP contribution in [0.1, 0.15) is 66.2 Å². The minimum atomic E-state index is 0.394. The normalized spacial score (nSPS) is 13.7. The molecule has 0 rings (SSSR count). The number of hydrogen-bond donors (Lipinski definition) is 1. The van der Waals surface area contributed by atoms with E-state index in [4.69, 9.17) is 5.73 Å². The van der Waals surface area contributed by atoms with E-state index in [-0.39, 0.29) is 0 Å². The largest absolute Gasteiger partial charge is 0.368 e. The lowest BCUT2D eigenvalue weighted by Gasteiger charge is -1.99. The Morgan fingerprint density at radius 3 is 2.37 bits per heavy atom. The van der Waals surface area contributed by atoms with Gasteiger partial charge in [0.1, 0.15) is 0 Å². The summed E-state index contributed by atoms with van der Waals surface area (Å²) in [5.74, 6) is 0.929. The minimum Gasteiger partial charge on any atom is -0.368 e. The molecule has 0 saturated heterocycles. The first-order chi connectivity index (χ1) is 9.06. The minimum absolute atomic E-state index is 0.394. The fourth-order valence-corrected chi connectivity index (χ4v) is 1.86. The summed E-state index contributed by atoms with van der Waals surface area (Å²) in [5, 5.41) is 0. The molecule has 3 nitrogen and oxygen atoms in total. The predicted molar refractivity (Wildman–Crippen MR) is 87.0 cm³/mol. The van der Waals surface area contributed by atoms with Crippen molar-refractivity contribution in [2.75, 3.05) is 6.54 Å². The molecule has 0 saturated carbocycles. The summed E-state index contributed by atoms with van der Waals surface area (Å²) in [5.41, 5.74) is 6.87. The van der Waals surface area contributed by atoms with Gasteiger partial charge < -0.3 is 5.73 Å². The molecule has 0 unspecified atom stereocenters. The van der Waals surface area contributed by atoms with E-state index in [1.807, 2.05) is 6.92 Å². The summed E-state index contributed by atoms with van der Waals surface area (Å²) < 4.78 is 0. The molecule has 0 atom stereocenters. The molecule has 0 heterocycles. The second-order valence-electron chi connectivity index (χ2n) is 5.42. The summed E-state index contributed by atoms with van der Waals surface area (Å²) in [6.07, 6.45) is 11.6. The predicted octanol–water partition coefficient (Wildman–Crippen LogP) is 4.33. The van der Waals surface area contributed by atoms with Crippen molar-refractivity contribution >= 4 is 12.2 Å². The van der Waals surface area contributed by atoms with Crippen molar-refractivity contribution in [1.82, 2.24) is 0 Å². The second kappa shape index (κ2) is 11.9. The number of rotatable bonds is 9. The van der Waals surface area contributed by atoms with Crippen LogP contribution in [0, 0.1) is 5.92 Å². The molecule has 0 aliphatic rings. The number of allylic oxidation sites excluding steroid dienone is 2. The number of unbranched alkanes of at least 4 members (excludes halogenated alkanes) is 5. The Morgan fingerprint density at radius 2 is 1.74 bits per heavy atom. The van der Waals surface area contributed by atoms with Gasteiger partial charge in [-0.2, -0.15) is 0 Å². The molecule has 0 bridgehead atoms. The lowest BCUT2D eigenvalue weighted by Crippen LogP contribution is -2.09. The fraction of sp³-hybridized carbons (Fsp3) is 0.750. The Morgan fingerprint density at radius 1 is 1.11 bits per heavy atom. The van der Waals surface area contributed by atoms with Crippen LogP contribution in [0.4, 0.5) is 0 Å². The van der Waals surface area contributed by atoms with E-state index in [2.05, 4.69) is 36.8 Å². The van der Waals surface area contributed by atoms with Crippen LogP contribution in [0.3, 0.4) is 0 Å². The van der Waals surface area contributed by atoms with Gasteiger partial charge in [0.15, 0.2) is 0 Å². The van der Waals surface area contributed by atoms with E-state index in [9.17, 15) is 0 Å². The standard InChI is InChI=1S/C16H31N3/c1-5-6-7-8-9-10-11-18-16(17)19-13-15(4)12-14(2)3/h12-14H,5-11H2,1-4H3,(H2,17,18)/b15-12-,19-13?. The summed E-state index contributed by atoms with van der Waals surface area (Å²) in [4.78, 5) is 8.42. The van der Waals surface area contributed by atoms with E-state index < -0.39 is 0 Å². The number of hydrogen-bond acceptors (Lipinski definition) is 1. The van der Waals surface area contributed by atoms with E-state index in [0.717, 1.165) is 18.5 Å². The number of aliphatic imine (C=N–C) groups is 2. The quantitative estimate of drug-likeness (QED) is 0.376. The molecule has 0 aliphatic heterocycles. The molecule has 0 radical (unpaired) electrons. The van der Waals surface area contributed by atoms with Gasteiger partial charge in [-0.1, -0.05) is 59.0 Å². The number of nitrogens with zero attached hydrogens (tertiary/aromatic N) is 2. The molecular weight excluding hydrogens is 234 g/mol. The molecule has 2 N–H and O–H groups in total. The Bertz CT molecular complexity index is 301. The highest BCUT2D eigenvalue weighted by Crippen LogP contribution is 2.04. The maximum atomic E-state index is 5.74. The maximum absolute atomic E-state index is 5.74. The van der Waals surface area contributed by atoms with Crippen LogP contribution >= 0.6 is 0 Å². The average molecular weight is 265 g/mol. The molecule has 0 aliphatic carbocycles. The second-order valence-corrected chi connectivity index (χ2v) is 5.42.